The summed E-state index contributed by atoms with van der Waals surface area (Å²) in [7, 11) is 0. The lowest BCUT2D eigenvalue weighted by atomic mass is 10.1. The molecule has 0 amide bonds. The van der Waals surface area contributed by atoms with Gasteiger partial charge in [-0.1, -0.05) is 39.8 Å². The van der Waals surface area contributed by atoms with Gasteiger partial charge >= 0.3 is 0 Å². The van der Waals surface area contributed by atoms with Crippen LogP contribution in [-0.2, 0) is 13.0 Å². The van der Waals surface area contributed by atoms with Crippen molar-refractivity contribution in [1.29, 1.82) is 0 Å². The van der Waals surface area contributed by atoms with Gasteiger partial charge in [-0.25, -0.2) is 4.39 Å². The zero-order chi connectivity index (χ0) is 16.0. The smallest absolute Gasteiger partial charge is 0.0971 e. The van der Waals surface area contributed by atoms with Gasteiger partial charge in [0.2, 0.25) is 0 Å². The SMILES string of the molecule is C/C=C(\C=C(/C)F)Cc1ncccc1CO.CC.CC. The summed E-state index contributed by atoms with van der Waals surface area (Å²) in [6.07, 6.45) is 5.54. The van der Waals surface area contributed by atoms with Crippen LogP contribution in [0.5, 0.6) is 0 Å². The van der Waals surface area contributed by atoms with Gasteiger partial charge in [0.05, 0.1) is 18.1 Å². The molecule has 0 fully saturated rings. The average Bonchev–Trinajstić information content (AvgIpc) is 2.50. The number of halogens is 1. The van der Waals surface area contributed by atoms with E-state index in [2.05, 4.69) is 4.98 Å². The number of hydrogen-bond donors (Lipinski definition) is 1. The molecular formula is C17H28FNO. The van der Waals surface area contributed by atoms with Crippen molar-refractivity contribution >= 4 is 0 Å². The van der Waals surface area contributed by atoms with Crippen molar-refractivity contribution in [3.63, 3.8) is 0 Å². The fourth-order valence-electron chi connectivity index (χ4n) is 1.46. The van der Waals surface area contributed by atoms with E-state index in [0.717, 1.165) is 16.8 Å². The van der Waals surface area contributed by atoms with Crippen molar-refractivity contribution in [2.45, 2.75) is 54.6 Å². The minimum absolute atomic E-state index is 0.0432. The lowest BCUT2D eigenvalue weighted by Gasteiger charge is -2.06. The van der Waals surface area contributed by atoms with Crippen LogP contribution in [0, 0.1) is 0 Å². The maximum atomic E-state index is 12.8. The minimum Gasteiger partial charge on any atom is -0.392 e. The quantitative estimate of drug-likeness (QED) is 0.789. The summed E-state index contributed by atoms with van der Waals surface area (Å²) in [6.45, 7) is 11.2. The third-order valence-corrected chi connectivity index (χ3v) is 2.28. The van der Waals surface area contributed by atoms with E-state index in [1.807, 2.05) is 46.8 Å². The Morgan fingerprint density at radius 2 is 1.90 bits per heavy atom. The Bertz CT molecular complexity index is 407. The molecule has 1 N–H and O–H groups in total. The van der Waals surface area contributed by atoms with Gasteiger partial charge in [0.1, 0.15) is 0 Å². The fourth-order valence-corrected chi connectivity index (χ4v) is 1.46. The maximum absolute atomic E-state index is 12.8. The molecule has 2 nitrogen and oxygen atoms in total. The second kappa shape index (κ2) is 13.9. The first kappa shape index (κ1) is 20.8. The lowest BCUT2D eigenvalue weighted by molar-refractivity contribution is 0.280. The molecule has 0 unspecified atom stereocenters. The zero-order valence-corrected chi connectivity index (χ0v) is 13.6. The van der Waals surface area contributed by atoms with Crippen LogP contribution in [0.3, 0.4) is 0 Å². The van der Waals surface area contributed by atoms with E-state index in [1.54, 1.807) is 12.3 Å². The lowest BCUT2D eigenvalue weighted by Crippen LogP contribution is -1.99. The molecule has 0 saturated carbocycles. The van der Waals surface area contributed by atoms with E-state index in [4.69, 9.17) is 5.11 Å². The number of rotatable bonds is 4. The number of aliphatic hydroxyl groups excluding tert-OH is 1. The van der Waals surface area contributed by atoms with Gasteiger partial charge in [0.25, 0.3) is 0 Å². The summed E-state index contributed by atoms with van der Waals surface area (Å²) < 4.78 is 12.8. The Balaban J connectivity index is 0. The number of nitrogens with zero attached hydrogens (tertiary/aromatic N) is 1. The topological polar surface area (TPSA) is 33.1 Å². The average molecular weight is 281 g/mol. The van der Waals surface area contributed by atoms with Crippen molar-refractivity contribution in [3.05, 3.63) is 53.1 Å². The summed E-state index contributed by atoms with van der Waals surface area (Å²) in [5.74, 6) is -0.227. The number of aromatic nitrogens is 1. The molecule has 0 radical (unpaired) electrons. The highest BCUT2D eigenvalue weighted by Crippen LogP contribution is 2.13. The van der Waals surface area contributed by atoms with Gasteiger partial charge in [0, 0.05) is 12.6 Å². The number of hydrogen-bond acceptors (Lipinski definition) is 2. The fraction of sp³-hybridized carbons (Fsp3) is 0.471. The molecule has 0 bridgehead atoms. The van der Waals surface area contributed by atoms with E-state index in [1.165, 1.54) is 13.0 Å². The summed E-state index contributed by atoms with van der Waals surface area (Å²) in [4.78, 5) is 4.19. The number of allylic oxidation sites excluding steroid dienone is 4. The molecule has 0 aliphatic carbocycles. The second-order valence-corrected chi connectivity index (χ2v) is 3.54. The molecule has 0 aromatic carbocycles. The molecule has 0 saturated heterocycles. The first-order valence-electron chi connectivity index (χ1n) is 7.20. The summed E-state index contributed by atoms with van der Waals surface area (Å²) >= 11 is 0. The van der Waals surface area contributed by atoms with E-state index in [-0.39, 0.29) is 12.4 Å². The highest BCUT2D eigenvalue weighted by molar-refractivity contribution is 5.29. The van der Waals surface area contributed by atoms with E-state index < -0.39 is 0 Å². The van der Waals surface area contributed by atoms with Crippen LogP contribution in [-0.4, -0.2) is 10.1 Å². The first-order chi connectivity index (χ1) is 9.67. The summed E-state index contributed by atoms with van der Waals surface area (Å²) in [5.41, 5.74) is 2.43. The Morgan fingerprint density at radius 3 is 2.35 bits per heavy atom. The van der Waals surface area contributed by atoms with Crippen molar-refractivity contribution in [3.8, 4) is 0 Å². The monoisotopic (exact) mass is 281 g/mol. The standard InChI is InChI=1S/C13H16FNO.2C2H6/c1-3-11(7-10(2)14)8-13-12(9-16)5-4-6-15-13;2*1-2/h3-7,16H,8-9H2,1-2H3;2*1-2H3/b10-7+,11-3+;;. The van der Waals surface area contributed by atoms with Crippen LogP contribution in [0.4, 0.5) is 4.39 Å². The van der Waals surface area contributed by atoms with Crippen LogP contribution in [0.25, 0.3) is 0 Å². The Hall–Kier alpha value is -1.48. The summed E-state index contributed by atoms with van der Waals surface area (Å²) in [5, 5.41) is 9.14. The molecule has 0 atom stereocenters. The largest absolute Gasteiger partial charge is 0.392 e. The Kier molecular flexibility index (Phi) is 14.5. The van der Waals surface area contributed by atoms with Crippen molar-refractivity contribution in [2.75, 3.05) is 0 Å². The number of pyridine rings is 1. The van der Waals surface area contributed by atoms with E-state index in [9.17, 15) is 4.39 Å². The Labute approximate surface area is 123 Å². The van der Waals surface area contributed by atoms with Crippen LogP contribution in [0.2, 0.25) is 0 Å². The number of aliphatic hydroxyl groups is 1. The highest BCUT2D eigenvalue weighted by atomic mass is 19.1. The van der Waals surface area contributed by atoms with Gasteiger partial charge in [-0.2, -0.15) is 0 Å². The molecule has 1 heterocycles. The van der Waals surface area contributed by atoms with Gasteiger partial charge in [-0.05, 0) is 37.1 Å². The molecular weight excluding hydrogens is 253 g/mol. The molecule has 1 aromatic heterocycles. The van der Waals surface area contributed by atoms with Crippen LogP contribution < -0.4 is 0 Å². The minimum atomic E-state index is -0.227. The summed E-state index contributed by atoms with van der Waals surface area (Å²) in [6, 6.07) is 3.60. The predicted octanol–water partition coefficient (Wildman–Crippen LogP) is 4.99. The van der Waals surface area contributed by atoms with Gasteiger partial charge in [-0.3, -0.25) is 4.98 Å². The molecule has 0 aliphatic heterocycles. The van der Waals surface area contributed by atoms with Gasteiger partial charge in [-0.15, -0.1) is 0 Å². The first-order valence-corrected chi connectivity index (χ1v) is 7.20. The molecule has 114 valence electrons. The zero-order valence-electron chi connectivity index (χ0n) is 13.6. The molecule has 3 heteroatoms. The van der Waals surface area contributed by atoms with Crippen molar-refractivity contribution < 1.29 is 9.50 Å². The van der Waals surface area contributed by atoms with Gasteiger partial charge < -0.3 is 5.11 Å². The molecule has 1 aromatic rings. The normalized spacial score (nSPS) is 11.0. The molecule has 0 spiro atoms. The molecule has 1 rings (SSSR count). The van der Waals surface area contributed by atoms with Crippen LogP contribution >= 0.6 is 0 Å². The molecule has 20 heavy (non-hydrogen) atoms. The van der Waals surface area contributed by atoms with Crippen LogP contribution in [0.15, 0.2) is 41.9 Å². The molecule has 0 aliphatic rings. The third-order valence-electron chi connectivity index (χ3n) is 2.28. The van der Waals surface area contributed by atoms with Crippen molar-refractivity contribution in [1.82, 2.24) is 4.98 Å². The predicted molar refractivity (Wildman–Crippen MR) is 85.2 cm³/mol. The van der Waals surface area contributed by atoms with E-state index >= 15 is 0 Å². The van der Waals surface area contributed by atoms with E-state index in [0.29, 0.717) is 6.42 Å². The second-order valence-electron chi connectivity index (χ2n) is 3.54. The van der Waals surface area contributed by atoms with Gasteiger partial charge in [0.15, 0.2) is 0 Å². The highest BCUT2D eigenvalue weighted by Gasteiger charge is 2.04. The van der Waals surface area contributed by atoms with Crippen LogP contribution in [0.1, 0.15) is 52.8 Å². The third kappa shape index (κ3) is 8.59. The maximum Gasteiger partial charge on any atom is 0.0971 e. The van der Waals surface area contributed by atoms with Crippen molar-refractivity contribution in [2.24, 2.45) is 0 Å². The Morgan fingerprint density at radius 1 is 1.30 bits per heavy atom.